The van der Waals surface area contributed by atoms with Gasteiger partial charge in [-0.15, -0.1) is 0 Å². The fourth-order valence-electron chi connectivity index (χ4n) is 4.11. The molecule has 0 N–H and O–H groups in total. The largest absolute Gasteiger partial charge is 0.482 e. The van der Waals surface area contributed by atoms with Crippen LogP contribution in [-0.4, -0.2) is 73.3 Å². The molecule has 0 atom stereocenters. The van der Waals surface area contributed by atoms with E-state index in [-0.39, 0.29) is 37.2 Å². The Balaban J connectivity index is 1.28. The van der Waals surface area contributed by atoms with E-state index >= 15 is 0 Å². The second-order valence-corrected chi connectivity index (χ2v) is 8.32. The molecule has 0 aromatic heterocycles. The summed E-state index contributed by atoms with van der Waals surface area (Å²) in [5.41, 5.74) is 2.25. The van der Waals surface area contributed by atoms with Gasteiger partial charge in [-0.2, -0.15) is 0 Å². The summed E-state index contributed by atoms with van der Waals surface area (Å²) in [6.07, 6.45) is 4.51. The predicted molar refractivity (Wildman–Crippen MR) is 127 cm³/mol. The normalized spacial score (nSPS) is 16.6. The number of hydrogen-bond acceptors (Lipinski definition) is 5. The van der Waals surface area contributed by atoms with E-state index in [1.807, 2.05) is 23.1 Å². The van der Waals surface area contributed by atoms with Gasteiger partial charge in [0.15, 0.2) is 12.4 Å². The Kier molecular flexibility index (Phi) is 7.19. The Hall–Kier alpha value is -3.45. The highest BCUT2D eigenvalue weighted by atomic mass is 16.5. The zero-order valence-corrected chi connectivity index (χ0v) is 18.9. The number of ether oxygens (including phenoxy) is 1. The molecule has 0 radical (unpaired) electrons. The highest BCUT2D eigenvalue weighted by Gasteiger charge is 2.28. The van der Waals surface area contributed by atoms with Crippen LogP contribution in [0.15, 0.2) is 54.6 Å². The molecule has 2 aromatic rings. The molecule has 0 saturated carbocycles. The molecule has 33 heavy (non-hydrogen) atoms. The molecule has 0 spiro atoms. The van der Waals surface area contributed by atoms with E-state index in [0.29, 0.717) is 30.1 Å². The van der Waals surface area contributed by atoms with Crippen LogP contribution in [0.3, 0.4) is 0 Å². The molecule has 2 aliphatic rings. The van der Waals surface area contributed by atoms with Crippen LogP contribution in [0.2, 0.25) is 0 Å². The van der Waals surface area contributed by atoms with E-state index in [1.54, 1.807) is 23.1 Å². The lowest BCUT2D eigenvalue weighted by Gasteiger charge is -2.35. The summed E-state index contributed by atoms with van der Waals surface area (Å²) in [5.74, 6) is 0.316. The smallest absolute Gasteiger partial charge is 0.265 e. The maximum atomic E-state index is 12.8. The Labute approximate surface area is 194 Å². The standard InChI is InChI=1S/C26H29N3O4/c1-20(30)22-9-10-24-23(18-22)29(26(32)19-33-24)13-11-25(31)28-16-14-27(15-17-28)12-5-8-21-6-3-2-4-7-21/h2-10,18H,11-17,19H2,1H3/b8-5+. The van der Waals surface area contributed by atoms with Crippen LogP contribution in [0, 0.1) is 0 Å². The van der Waals surface area contributed by atoms with Gasteiger partial charge in [-0.05, 0) is 30.7 Å². The number of carbonyl (C=O) groups is 3. The van der Waals surface area contributed by atoms with Gasteiger partial charge in [0.2, 0.25) is 5.91 Å². The van der Waals surface area contributed by atoms with Gasteiger partial charge >= 0.3 is 0 Å². The number of hydrogen-bond donors (Lipinski definition) is 0. The fourth-order valence-corrected chi connectivity index (χ4v) is 4.11. The van der Waals surface area contributed by atoms with Crippen molar-refractivity contribution in [2.75, 3.05) is 50.8 Å². The second kappa shape index (κ2) is 10.4. The minimum Gasteiger partial charge on any atom is -0.482 e. The van der Waals surface area contributed by atoms with Crippen molar-refractivity contribution in [2.45, 2.75) is 13.3 Å². The second-order valence-electron chi connectivity index (χ2n) is 8.32. The quantitative estimate of drug-likeness (QED) is 0.611. The van der Waals surface area contributed by atoms with Crippen molar-refractivity contribution in [3.8, 4) is 5.75 Å². The molecule has 7 heteroatoms. The van der Waals surface area contributed by atoms with Gasteiger partial charge < -0.3 is 14.5 Å². The number of nitrogens with zero attached hydrogens (tertiary/aromatic N) is 3. The van der Waals surface area contributed by atoms with E-state index in [2.05, 4.69) is 29.2 Å². The highest BCUT2D eigenvalue weighted by Crippen LogP contribution is 2.33. The van der Waals surface area contributed by atoms with Crippen LogP contribution in [0.5, 0.6) is 5.75 Å². The predicted octanol–water partition coefficient (Wildman–Crippen LogP) is 2.86. The third-order valence-electron chi connectivity index (χ3n) is 6.06. The molecular formula is C26H29N3O4. The molecule has 7 nitrogen and oxygen atoms in total. The first-order valence-electron chi connectivity index (χ1n) is 11.3. The number of Topliss-reactive ketones (excluding diaryl/α,β-unsaturated/α-hetero) is 1. The van der Waals surface area contributed by atoms with Gasteiger partial charge in [-0.1, -0.05) is 42.5 Å². The zero-order valence-electron chi connectivity index (χ0n) is 18.9. The molecule has 2 heterocycles. The number of piperazine rings is 1. The van der Waals surface area contributed by atoms with Crippen LogP contribution in [-0.2, 0) is 9.59 Å². The van der Waals surface area contributed by atoms with Gasteiger partial charge in [0.1, 0.15) is 5.75 Å². The number of fused-ring (bicyclic) bond motifs is 1. The third kappa shape index (κ3) is 5.68. The van der Waals surface area contributed by atoms with Crippen molar-refractivity contribution in [1.29, 1.82) is 0 Å². The monoisotopic (exact) mass is 447 g/mol. The van der Waals surface area contributed by atoms with Crippen LogP contribution < -0.4 is 9.64 Å². The molecule has 1 saturated heterocycles. The molecular weight excluding hydrogens is 418 g/mol. The summed E-state index contributed by atoms with van der Waals surface area (Å²) in [5, 5.41) is 0. The minimum absolute atomic E-state index is 0.0399. The molecule has 172 valence electrons. The third-order valence-corrected chi connectivity index (χ3v) is 6.06. The summed E-state index contributed by atoms with van der Waals surface area (Å²) >= 11 is 0. The van der Waals surface area contributed by atoms with Crippen molar-refractivity contribution in [2.24, 2.45) is 0 Å². The van der Waals surface area contributed by atoms with Crippen molar-refractivity contribution in [3.63, 3.8) is 0 Å². The molecule has 2 aromatic carbocycles. The molecule has 0 unspecified atom stereocenters. The van der Waals surface area contributed by atoms with Crippen LogP contribution >= 0.6 is 0 Å². The van der Waals surface area contributed by atoms with Crippen molar-refractivity contribution < 1.29 is 19.1 Å². The molecule has 2 aliphatic heterocycles. The lowest BCUT2D eigenvalue weighted by molar-refractivity contribution is -0.132. The fraction of sp³-hybridized carbons (Fsp3) is 0.346. The van der Waals surface area contributed by atoms with E-state index < -0.39 is 0 Å². The average Bonchev–Trinajstić information content (AvgIpc) is 2.84. The summed E-state index contributed by atoms with van der Waals surface area (Å²) in [7, 11) is 0. The lowest BCUT2D eigenvalue weighted by atomic mass is 10.1. The molecule has 1 fully saturated rings. The van der Waals surface area contributed by atoms with Crippen LogP contribution in [0.1, 0.15) is 29.3 Å². The Morgan fingerprint density at radius 2 is 1.79 bits per heavy atom. The molecule has 4 rings (SSSR count). The van der Waals surface area contributed by atoms with Crippen molar-refractivity contribution in [1.82, 2.24) is 9.80 Å². The maximum Gasteiger partial charge on any atom is 0.265 e. The van der Waals surface area contributed by atoms with E-state index in [9.17, 15) is 14.4 Å². The van der Waals surface area contributed by atoms with Gasteiger partial charge in [0.25, 0.3) is 5.91 Å². The molecule has 0 bridgehead atoms. The first kappa shape index (κ1) is 22.7. The first-order chi connectivity index (χ1) is 16.0. The molecule has 0 aliphatic carbocycles. The van der Waals surface area contributed by atoms with Gasteiger partial charge in [0.05, 0.1) is 5.69 Å². The average molecular weight is 448 g/mol. The van der Waals surface area contributed by atoms with E-state index in [0.717, 1.165) is 19.6 Å². The summed E-state index contributed by atoms with van der Waals surface area (Å²) in [6, 6.07) is 15.3. The Morgan fingerprint density at radius 3 is 2.52 bits per heavy atom. The number of anilines is 1. The number of benzene rings is 2. The van der Waals surface area contributed by atoms with Crippen molar-refractivity contribution >= 4 is 29.4 Å². The highest BCUT2D eigenvalue weighted by molar-refractivity contribution is 6.01. The van der Waals surface area contributed by atoms with Gasteiger partial charge in [0, 0.05) is 51.3 Å². The topological polar surface area (TPSA) is 70.2 Å². The first-order valence-corrected chi connectivity index (χ1v) is 11.3. The van der Waals surface area contributed by atoms with Crippen molar-refractivity contribution in [3.05, 3.63) is 65.7 Å². The molecule has 2 amide bonds. The number of ketones is 1. The van der Waals surface area contributed by atoms with Gasteiger partial charge in [-0.25, -0.2) is 0 Å². The van der Waals surface area contributed by atoms with Gasteiger partial charge in [-0.3, -0.25) is 19.3 Å². The minimum atomic E-state index is -0.203. The Morgan fingerprint density at radius 1 is 1.03 bits per heavy atom. The number of carbonyl (C=O) groups excluding carboxylic acids is 3. The zero-order chi connectivity index (χ0) is 23.2. The lowest BCUT2D eigenvalue weighted by Crippen LogP contribution is -2.49. The number of amides is 2. The van der Waals surface area contributed by atoms with Crippen LogP contribution in [0.25, 0.3) is 6.08 Å². The summed E-state index contributed by atoms with van der Waals surface area (Å²) in [4.78, 5) is 42.8. The summed E-state index contributed by atoms with van der Waals surface area (Å²) < 4.78 is 5.49. The van der Waals surface area contributed by atoms with Crippen LogP contribution in [0.4, 0.5) is 5.69 Å². The van der Waals surface area contributed by atoms with E-state index in [4.69, 9.17) is 4.74 Å². The number of rotatable bonds is 7. The Bertz CT molecular complexity index is 1040. The maximum absolute atomic E-state index is 12.8. The van der Waals surface area contributed by atoms with E-state index in [1.165, 1.54) is 12.5 Å². The SMILES string of the molecule is CC(=O)c1ccc2c(c1)N(CCC(=O)N1CCN(C/C=C/c3ccccc3)CC1)C(=O)CO2. The summed E-state index contributed by atoms with van der Waals surface area (Å²) in [6.45, 7) is 5.57.